The van der Waals surface area contributed by atoms with E-state index in [0.29, 0.717) is 40.4 Å². The third kappa shape index (κ3) is 4.58. The SMILES string of the molecule is CCOc1cccc2cc(C(=O)NCCOc3ccc4nnc(-c5ccc(F)cc5)n4n3)c(=O)oc12. The van der Waals surface area contributed by atoms with Gasteiger partial charge in [0.25, 0.3) is 5.91 Å². The van der Waals surface area contributed by atoms with Crippen LogP contribution in [0.25, 0.3) is 28.0 Å². The molecular formula is C25H20FN5O5. The number of carbonyl (C=O) groups excluding carboxylic acids is 1. The molecule has 0 saturated carbocycles. The highest BCUT2D eigenvalue weighted by Gasteiger charge is 2.16. The molecule has 0 aliphatic carbocycles. The number of hydrogen-bond donors (Lipinski definition) is 1. The zero-order valence-electron chi connectivity index (χ0n) is 19.1. The van der Waals surface area contributed by atoms with Crippen molar-refractivity contribution in [3.63, 3.8) is 0 Å². The maximum atomic E-state index is 13.2. The summed E-state index contributed by atoms with van der Waals surface area (Å²) < 4.78 is 31.2. The number of nitrogens with zero attached hydrogens (tertiary/aromatic N) is 4. The molecule has 0 spiro atoms. The minimum absolute atomic E-state index is 0.0889. The molecule has 1 N–H and O–H groups in total. The van der Waals surface area contributed by atoms with Gasteiger partial charge in [-0.1, -0.05) is 12.1 Å². The van der Waals surface area contributed by atoms with E-state index in [1.54, 1.807) is 42.5 Å². The number of amides is 1. The van der Waals surface area contributed by atoms with Crippen LogP contribution in [-0.2, 0) is 0 Å². The van der Waals surface area contributed by atoms with Gasteiger partial charge in [0.1, 0.15) is 18.0 Å². The topological polar surface area (TPSA) is 121 Å². The summed E-state index contributed by atoms with van der Waals surface area (Å²) in [4.78, 5) is 25.0. The van der Waals surface area contributed by atoms with Crippen molar-refractivity contribution in [2.75, 3.05) is 19.8 Å². The van der Waals surface area contributed by atoms with Crippen LogP contribution in [0.4, 0.5) is 4.39 Å². The third-order valence-electron chi connectivity index (χ3n) is 5.25. The lowest BCUT2D eigenvalue weighted by atomic mass is 10.1. The Bertz CT molecular complexity index is 1610. The summed E-state index contributed by atoms with van der Waals surface area (Å²) in [6.45, 7) is 2.44. The summed E-state index contributed by atoms with van der Waals surface area (Å²) >= 11 is 0. The quantitative estimate of drug-likeness (QED) is 0.261. The molecule has 182 valence electrons. The molecule has 5 rings (SSSR count). The third-order valence-corrected chi connectivity index (χ3v) is 5.25. The molecule has 10 nitrogen and oxygen atoms in total. The van der Waals surface area contributed by atoms with Gasteiger partial charge in [-0.2, -0.15) is 4.52 Å². The van der Waals surface area contributed by atoms with Gasteiger partial charge < -0.3 is 19.2 Å². The van der Waals surface area contributed by atoms with Gasteiger partial charge in [0.2, 0.25) is 5.88 Å². The average Bonchev–Trinajstić information content (AvgIpc) is 3.30. The zero-order chi connectivity index (χ0) is 25.1. The van der Waals surface area contributed by atoms with Gasteiger partial charge in [-0.25, -0.2) is 9.18 Å². The lowest BCUT2D eigenvalue weighted by Gasteiger charge is -2.09. The Kier molecular flexibility index (Phi) is 6.27. The Morgan fingerprint density at radius 2 is 1.92 bits per heavy atom. The first-order valence-corrected chi connectivity index (χ1v) is 11.1. The molecule has 0 saturated heterocycles. The Morgan fingerprint density at radius 3 is 2.72 bits per heavy atom. The first-order chi connectivity index (χ1) is 17.5. The van der Waals surface area contributed by atoms with Crippen LogP contribution in [0.1, 0.15) is 17.3 Å². The van der Waals surface area contributed by atoms with Gasteiger partial charge in [0.05, 0.1) is 13.2 Å². The van der Waals surface area contributed by atoms with E-state index in [1.807, 2.05) is 6.92 Å². The van der Waals surface area contributed by atoms with Gasteiger partial charge in [0, 0.05) is 17.0 Å². The first-order valence-electron chi connectivity index (χ1n) is 11.1. The predicted octanol–water partition coefficient (Wildman–Crippen LogP) is 3.24. The standard InChI is InChI=1S/C25H20FN5O5/c1-2-34-19-5-3-4-16-14-18(25(33)36-22(16)19)24(32)27-12-13-35-21-11-10-20-28-29-23(31(20)30-21)15-6-8-17(26)9-7-15/h3-11,14H,2,12-13H2,1H3,(H,27,32). The molecule has 3 aromatic heterocycles. The summed E-state index contributed by atoms with van der Waals surface area (Å²) in [5.41, 5.74) is 0.541. The molecule has 0 atom stereocenters. The van der Waals surface area contributed by atoms with Crippen LogP contribution < -0.4 is 20.4 Å². The summed E-state index contributed by atoms with van der Waals surface area (Å²) in [6.07, 6.45) is 0. The van der Waals surface area contributed by atoms with E-state index in [1.165, 1.54) is 22.7 Å². The number of rotatable bonds is 8. The van der Waals surface area contributed by atoms with Crippen molar-refractivity contribution in [2.45, 2.75) is 6.92 Å². The van der Waals surface area contributed by atoms with Crippen LogP contribution in [0.2, 0.25) is 0 Å². The van der Waals surface area contributed by atoms with Crippen LogP contribution in [0.5, 0.6) is 11.6 Å². The van der Waals surface area contributed by atoms with E-state index in [9.17, 15) is 14.0 Å². The molecule has 36 heavy (non-hydrogen) atoms. The molecule has 0 aliphatic rings. The zero-order valence-corrected chi connectivity index (χ0v) is 19.1. The molecular weight excluding hydrogens is 469 g/mol. The number of para-hydroxylation sites is 1. The number of carbonyl (C=O) groups is 1. The van der Waals surface area contributed by atoms with Crippen molar-refractivity contribution in [3.8, 4) is 23.0 Å². The molecule has 0 unspecified atom stereocenters. The minimum Gasteiger partial charge on any atom is -0.490 e. The molecule has 0 fully saturated rings. The number of fused-ring (bicyclic) bond motifs is 2. The second kappa shape index (κ2) is 9.82. The van der Waals surface area contributed by atoms with E-state index < -0.39 is 11.5 Å². The first kappa shape index (κ1) is 23.0. The smallest absolute Gasteiger partial charge is 0.349 e. The molecule has 5 aromatic rings. The lowest BCUT2D eigenvalue weighted by molar-refractivity contribution is 0.0943. The minimum atomic E-state index is -0.763. The molecule has 1 amide bonds. The number of aromatic nitrogens is 4. The Hall–Kier alpha value is -4.80. The second-order valence-corrected chi connectivity index (χ2v) is 7.63. The van der Waals surface area contributed by atoms with Crippen molar-refractivity contribution in [2.24, 2.45) is 0 Å². The number of hydrogen-bond acceptors (Lipinski definition) is 8. The Balaban J connectivity index is 1.24. The predicted molar refractivity (Wildman–Crippen MR) is 128 cm³/mol. The summed E-state index contributed by atoms with van der Waals surface area (Å²) in [6, 6.07) is 15.8. The summed E-state index contributed by atoms with van der Waals surface area (Å²) in [5.74, 6) is 0.195. The van der Waals surface area contributed by atoms with Gasteiger partial charge in [0.15, 0.2) is 22.8 Å². The van der Waals surface area contributed by atoms with Crippen LogP contribution in [-0.4, -0.2) is 45.5 Å². The highest BCUT2D eigenvalue weighted by atomic mass is 19.1. The van der Waals surface area contributed by atoms with Gasteiger partial charge in [-0.15, -0.1) is 15.3 Å². The van der Waals surface area contributed by atoms with Crippen molar-refractivity contribution >= 4 is 22.5 Å². The molecule has 0 aliphatic heterocycles. The van der Waals surface area contributed by atoms with Crippen molar-refractivity contribution < 1.29 is 23.1 Å². The van der Waals surface area contributed by atoms with E-state index in [4.69, 9.17) is 13.9 Å². The lowest BCUT2D eigenvalue weighted by Crippen LogP contribution is -2.31. The van der Waals surface area contributed by atoms with Gasteiger partial charge >= 0.3 is 5.63 Å². The number of halogens is 1. The van der Waals surface area contributed by atoms with Crippen molar-refractivity contribution in [3.05, 3.63) is 82.5 Å². The highest BCUT2D eigenvalue weighted by molar-refractivity contribution is 5.97. The molecule has 11 heteroatoms. The van der Waals surface area contributed by atoms with E-state index in [2.05, 4.69) is 20.6 Å². The monoisotopic (exact) mass is 489 g/mol. The van der Waals surface area contributed by atoms with Crippen LogP contribution >= 0.6 is 0 Å². The van der Waals surface area contributed by atoms with Crippen molar-refractivity contribution in [1.29, 1.82) is 0 Å². The van der Waals surface area contributed by atoms with Gasteiger partial charge in [-0.05, 0) is 49.4 Å². The number of benzene rings is 2. The fourth-order valence-electron chi connectivity index (χ4n) is 3.59. The number of nitrogens with one attached hydrogen (secondary N) is 1. The fraction of sp³-hybridized carbons (Fsp3) is 0.160. The average molecular weight is 489 g/mol. The maximum Gasteiger partial charge on any atom is 0.349 e. The van der Waals surface area contributed by atoms with Crippen LogP contribution in [0.15, 0.2) is 69.9 Å². The van der Waals surface area contributed by atoms with Gasteiger partial charge in [-0.3, -0.25) is 4.79 Å². The van der Waals surface area contributed by atoms with E-state index in [0.717, 1.165) is 0 Å². The number of ether oxygens (including phenoxy) is 2. The second-order valence-electron chi connectivity index (χ2n) is 7.63. The Morgan fingerprint density at radius 1 is 1.08 bits per heavy atom. The molecule has 2 aromatic carbocycles. The largest absolute Gasteiger partial charge is 0.490 e. The maximum absolute atomic E-state index is 13.2. The molecule has 0 radical (unpaired) electrons. The highest BCUT2D eigenvalue weighted by Crippen LogP contribution is 2.25. The summed E-state index contributed by atoms with van der Waals surface area (Å²) in [7, 11) is 0. The van der Waals surface area contributed by atoms with Crippen LogP contribution in [0.3, 0.4) is 0 Å². The van der Waals surface area contributed by atoms with Crippen molar-refractivity contribution in [1.82, 2.24) is 25.1 Å². The van der Waals surface area contributed by atoms with E-state index >= 15 is 0 Å². The normalized spacial score (nSPS) is 11.1. The molecule has 0 bridgehead atoms. The summed E-state index contributed by atoms with van der Waals surface area (Å²) in [5, 5.41) is 15.7. The van der Waals surface area contributed by atoms with Crippen LogP contribution in [0, 0.1) is 5.82 Å². The Labute approximate surface area is 203 Å². The van der Waals surface area contributed by atoms with E-state index in [-0.39, 0.29) is 30.4 Å². The molecule has 3 heterocycles. The fourth-order valence-corrected chi connectivity index (χ4v) is 3.59.